The number of carboxylic acid groups (broad SMARTS) is 1. The first kappa shape index (κ1) is 22.0. The van der Waals surface area contributed by atoms with E-state index in [1.165, 1.54) is 0 Å². The quantitative estimate of drug-likeness (QED) is 0.703. The van der Waals surface area contributed by atoms with Crippen molar-refractivity contribution in [2.45, 2.75) is 63.5 Å². The second-order valence-electron chi connectivity index (χ2n) is 9.84. The van der Waals surface area contributed by atoms with Crippen LogP contribution in [0.4, 0.5) is 0 Å². The van der Waals surface area contributed by atoms with Crippen LogP contribution >= 0.6 is 0 Å². The third-order valence-corrected chi connectivity index (χ3v) is 7.28. The number of benzene rings is 2. The zero-order chi connectivity index (χ0) is 23.2. The Morgan fingerprint density at radius 2 is 2.00 bits per heavy atom. The molecule has 3 aliphatic heterocycles. The highest BCUT2D eigenvalue weighted by Gasteiger charge is 2.52. The van der Waals surface area contributed by atoms with Crippen molar-refractivity contribution in [1.82, 2.24) is 4.90 Å². The van der Waals surface area contributed by atoms with E-state index in [0.29, 0.717) is 17.5 Å². The number of carbonyl (C=O) groups is 1. The molecule has 3 aliphatic rings. The Morgan fingerprint density at radius 3 is 2.76 bits per heavy atom. The van der Waals surface area contributed by atoms with E-state index in [2.05, 4.69) is 18.7 Å². The van der Waals surface area contributed by atoms with E-state index >= 15 is 0 Å². The summed E-state index contributed by atoms with van der Waals surface area (Å²) in [6.07, 6.45) is 3.13. The fourth-order valence-electron chi connectivity index (χ4n) is 5.64. The van der Waals surface area contributed by atoms with Gasteiger partial charge in [0.1, 0.15) is 11.4 Å². The number of ether oxygens (including phenoxy) is 3. The van der Waals surface area contributed by atoms with Gasteiger partial charge in [-0.05, 0) is 63.4 Å². The van der Waals surface area contributed by atoms with Gasteiger partial charge in [0.15, 0.2) is 18.1 Å². The molecular formula is C26H31NO6. The summed E-state index contributed by atoms with van der Waals surface area (Å²) in [4.78, 5) is 13.2. The largest absolute Gasteiger partial charge is 0.504 e. The van der Waals surface area contributed by atoms with E-state index in [9.17, 15) is 9.90 Å². The summed E-state index contributed by atoms with van der Waals surface area (Å²) in [7, 11) is 0. The monoisotopic (exact) mass is 453 g/mol. The number of hydrogen-bond donors (Lipinski definition) is 2. The lowest BCUT2D eigenvalue weighted by Crippen LogP contribution is -2.58. The second kappa shape index (κ2) is 8.54. The average molecular weight is 454 g/mol. The Balaban J connectivity index is 1.33. The SMILES string of the molecule is CC1(C)Oc2c(O)cccc2[C@H]2O[C@H]3CCCN(Cc4ccc(OCC(=O)O)cc4)[C@H]3C[C@@H]21. The Morgan fingerprint density at radius 1 is 1.21 bits per heavy atom. The highest BCUT2D eigenvalue weighted by molar-refractivity contribution is 5.68. The number of phenols is 1. The number of hydrogen-bond acceptors (Lipinski definition) is 6. The highest BCUT2D eigenvalue weighted by Crippen LogP contribution is 2.54. The molecule has 2 aromatic rings. The van der Waals surface area contributed by atoms with Gasteiger partial charge in [-0.1, -0.05) is 24.3 Å². The Bertz CT molecular complexity index is 1020. The third kappa shape index (κ3) is 4.27. The molecule has 0 bridgehead atoms. The van der Waals surface area contributed by atoms with E-state index in [-0.39, 0.29) is 30.5 Å². The van der Waals surface area contributed by atoms with Gasteiger partial charge in [-0.15, -0.1) is 0 Å². The molecule has 2 aromatic carbocycles. The summed E-state index contributed by atoms with van der Waals surface area (Å²) in [6, 6.07) is 13.5. The van der Waals surface area contributed by atoms with Crippen molar-refractivity contribution in [3.63, 3.8) is 0 Å². The molecule has 33 heavy (non-hydrogen) atoms. The van der Waals surface area contributed by atoms with Crippen molar-refractivity contribution >= 4 is 5.97 Å². The zero-order valence-electron chi connectivity index (χ0n) is 19.1. The Kier molecular flexibility index (Phi) is 5.70. The fraction of sp³-hybridized carbons (Fsp3) is 0.500. The number of carboxylic acids is 1. The van der Waals surface area contributed by atoms with Crippen LogP contribution in [-0.2, 0) is 16.1 Å². The number of piperidine rings is 1. The van der Waals surface area contributed by atoms with Crippen LogP contribution in [0.1, 0.15) is 50.3 Å². The first-order valence-electron chi connectivity index (χ1n) is 11.7. The molecule has 0 saturated carbocycles. The minimum absolute atomic E-state index is 0.0808. The Labute approximate surface area is 193 Å². The number of aliphatic carboxylic acids is 1. The van der Waals surface area contributed by atoms with E-state index < -0.39 is 11.6 Å². The van der Waals surface area contributed by atoms with Crippen molar-refractivity contribution < 1.29 is 29.2 Å². The number of likely N-dealkylation sites (tertiary alicyclic amines) is 1. The van der Waals surface area contributed by atoms with Gasteiger partial charge < -0.3 is 24.4 Å². The maximum absolute atomic E-state index is 10.7. The van der Waals surface area contributed by atoms with E-state index in [1.807, 2.05) is 36.4 Å². The summed E-state index contributed by atoms with van der Waals surface area (Å²) in [6.45, 7) is 5.66. The molecule has 2 fully saturated rings. The average Bonchev–Trinajstić information content (AvgIpc) is 2.79. The van der Waals surface area contributed by atoms with E-state index in [0.717, 1.165) is 43.5 Å². The number of para-hydroxylation sites is 1. The first-order chi connectivity index (χ1) is 15.8. The van der Waals surface area contributed by atoms with Crippen LogP contribution in [0.3, 0.4) is 0 Å². The van der Waals surface area contributed by atoms with Crippen molar-refractivity contribution in [3.8, 4) is 17.2 Å². The lowest BCUT2D eigenvalue weighted by atomic mass is 9.72. The van der Waals surface area contributed by atoms with Crippen molar-refractivity contribution in [2.75, 3.05) is 13.2 Å². The maximum atomic E-state index is 10.7. The Hall–Kier alpha value is -2.77. The minimum atomic E-state index is -0.985. The minimum Gasteiger partial charge on any atom is -0.504 e. The summed E-state index contributed by atoms with van der Waals surface area (Å²) in [5, 5.41) is 19.1. The van der Waals surface area contributed by atoms with Gasteiger partial charge in [-0.25, -0.2) is 4.79 Å². The normalized spacial score (nSPS) is 28.1. The van der Waals surface area contributed by atoms with Crippen LogP contribution in [0.2, 0.25) is 0 Å². The smallest absolute Gasteiger partial charge is 0.341 e. The summed E-state index contributed by atoms with van der Waals surface area (Å²) >= 11 is 0. The van der Waals surface area contributed by atoms with Crippen molar-refractivity contribution in [3.05, 3.63) is 53.6 Å². The molecule has 0 aliphatic carbocycles. The predicted octanol–water partition coefficient (Wildman–Crippen LogP) is 4.14. The molecular weight excluding hydrogens is 422 g/mol. The van der Waals surface area contributed by atoms with Crippen molar-refractivity contribution in [1.29, 1.82) is 0 Å². The lowest BCUT2D eigenvalue weighted by Gasteiger charge is -2.54. The topological polar surface area (TPSA) is 88.5 Å². The predicted molar refractivity (Wildman–Crippen MR) is 122 cm³/mol. The molecule has 176 valence electrons. The standard InChI is InChI=1S/C26H31NO6/c1-26(2)19-13-20-22(32-24(19)18-5-3-6-21(28)25(18)33-26)7-4-12-27(20)14-16-8-10-17(11-9-16)31-15-23(29)30/h3,5-6,8-11,19-20,22,24,28H,4,7,12-15H2,1-2H3,(H,29,30)/t19-,20-,22-,24+/m0/s1. The lowest BCUT2D eigenvalue weighted by molar-refractivity contribution is -0.190. The molecule has 0 radical (unpaired) electrons. The van der Waals surface area contributed by atoms with Crippen molar-refractivity contribution in [2.24, 2.45) is 5.92 Å². The summed E-state index contributed by atoms with van der Waals surface area (Å²) in [5.41, 5.74) is 1.66. The summed E-state index contributed by atoms with van der Waals surface area (Å²) in [5.74, 6) is 0.484. The number of phenolic OH excluding ortho intramolecular Hbond substituents is 1. The van der Waals surface area contributed by atoms with E-state index in [4.69, 9.17) is 19.3 Å². The molecule has 0 amide bonds. The molecule has 0 spiro atoms. The molecule has 2 saturated heterocycles. The zero-order valence-corrected chi connectivity index (χ0v) is 19.1. The molecule has 7 heteroatoms. The van der Waals surface area contributed by atoms with E-state index in [1.54, 1.807) is 6.07 Å². The van der Waals surface area contributed by atoms with Gasteiger partial charge in [0.25, 0.3) is 0 Å². The molecule has 5 rings (SSSR count). The van der Waals surface area contributed by atoms with Gasteiger partial charge in [-0.3, -0.25) is 4.90 Å². The van der Waals surface area contributed by atoms with Crippen LogP contribution in [0, 0.1) is 5.92 Å². The molecule has 7 nitrogen and oxygen atoms in total. The highest BCUT2D eigenvalue weighted by atomic mass is 16.5. The van der Waals surface area contributed by atoms with Crippen LogP contribution in [0.15, 0.2) is 42.5 Å². The van der Waals surface area contributed by atoms with Crippen LogP contribution in [0.25, 0.3) is 0 Å². The summed E-state index contributed by atoms with van der Waals surface area (Å²) < 4.78 is 18.3. The number of aromatic hydroxyl groups is 1. The van der Waals surface area contributed by atoms with Gasteiger partial charge in [-0.2, -0.15) is 0 Å². The van der Waals surface area contributed by atoms with Crippen LogP contribution < -0.4 is 9.47 Å². The first-order valence-corrected chi connectivity index (χ1v) is 11.7. The van der Waals surface area contributed by atoms with Crippen LogP contribution in [0.5, 0.6) is 17.2 Å². The van der Waals surface area contributed by atoms with Gasteiger partial charge in [0, 0.05) is 24.1 Å². The number of fused-ring (bicyclic) bond motifs is 4. The van der Waals surface area contributed by atoms with Gasteiger partial charge >= 0.3 is 5.97 Å². The van der Waals surface area contributed by atoms with Gasteiger partial charge in [0.2, 0.25) is 0 Å². The molecule has 0 aromatic heterocycles. The number of nitrogens with zero attached hydrogens (tertiary/aromatic N) is 1. The fourth-order valence-corrected chi connectivity index (χ4v) is 5.64. The molecule has 2 N–H and O–H groups in total. The van der Waals surface area contributed by atoms with Gasteiger partial charge in [0.05, 0.1) is 12.2 Å². The van der Waals surface area contributed by atoms with Crippen LogP contribution in [-0.4, -0.2) is 52.0 Å². The third-order valence-electron chi connectivity index (χ3n) is 7.28. The molecule has 3 heterocycles. The number of rotatable bonds is 5. The molecule has 4 atom stereocenters. The second-order valence-corrected chi connectivity index (χ2v) is 9.84. The maximum Gasteiger partial charge on any atom is 0.341 e. The molecule has 0 unspecified atom stereocenters.